The van der Waals surface area contributed by atoms with E-state index in [1.165, 1.54) is 30.0 Å². The van der Waals surface area contributed by atoms with Gasteiger partial charge < -0.3 is 10.8 Å². The van der Waals surface area contributed by atoms with Crippen molar-refractivity contribution >= 4 is 23.4 Å². The van der Waals surface area contributed by atoms with Crippen molar-refractivity contribution in [2.45, 2.75) is 11.8 Å². The van der Waals surface area contributed by atoms with E-state index in [1.807, 2.05) is 6.92 Å². The number of carbonyl (C=O) groups excluding carboxylic acids is 1. The Labute approximate surface area is 108 Å². The van der Waals surface area contributed by atoms with Crippen molar-refractivity contribution in [1.82, 2.24) is 0 Å². The molecule has 1 atom stereocenters. The summed E-state index contributed by atoms with van der Waals surface area (Å²) in [5.41, 5.74) is 5.31. The van der Waals surface area contributed by atoms with Crippen LogP contribution in [0, 0.1) is 16.0 Å². The minimum atomic E-state index is -0.623. The second-order valence-electron chi connectivity index (χ2n) is 3.90. The predicted molar refractivity (Wildman–Crippen MR) is 68.6 cm³/mol. The van der Waals surface area contributed by atoms with Crippen molar-refractivity contribution in [1.29, 1.82) is 0 Å². The van der Waals surface area contributed by atoms with E-state index in [2.05, 4.69) is 0 Å². The van der Waals surface area contributed by atoms with Gasteiger partial charge in [0.1, 0.15) is 0 Å². The summed E-state index contributed by atoms with van der Waals surface area (Å²) < 4.78 is 0. The van der Waals surface area contributed by atoms with Gasteiger partial charge >= 0.3 is 0 Å². The molecule has 1 unspecified atom stereocenters. The van der Waals surface area contributed by atoms with E-state index in [1.54, 1.807) is 0 Å². The number of carbonyl (C=O) groups is 1. The fourth-order valence-corrected chi connectivity index (χ4v) is 2.29. The first kappa shape index (κ1) is 14.5. The highest BCUT2D eigenvalue weighted by molar-refractivity contribution is 7.99. The molecule has 0 spiro atoms. The number of nitrogens with zero attached hydrogens (tertiary/aromatic N) is 1. The number of amides is 1. The molecule has 98 valence electrons. The van der Waals surface area contributed by atoms with Crippen molar-refractivity contribution in [2.24, 2.45) is 11.7 Å². The fourth-order valence-electron chi connectivity index (χ4n) is 1.22. The summed E-state index contributed by atoms with van der Waals surface area (Å²) in [6, 6.07) is 4.02. The Bertz CT molecular complexity index is 464. The zero-order chi connectivity index (χ0) is 13.7. The first-order valence-corrected chi connectivity index (χ1v) is 6.26. The smallest absolute Gasteiger partial charge is 0.282 e. The van der Waals surface area contributed by atoms with E-state index in [-0.39, 0.29) is 23.8 Å². The van der Waals surface area contributed by atoms with Crippen LogP contribution in [0.1, 0.15) is 17.3 Å². The molecule has 1 aromatic carbocycles. The van der Waals surface area contributed by atoms with Crippen LogP contribution in [0.4, 0.5) is 5.69 Å². The first-order valence-electron chi connectivity index (χ1n) is 5.27. The maximum absolute atomic E-state index is 11.0. The summed E-state index contributed by atoms with van der Waals surface area (Å²) in [6.07, 6.45) is 0. The molecule has 0 aliphatic rings. The lowest BCUT2D eigenvalue weighted by molar-refractivity contribution is -0.387. The Morgan fingerprint density at radius 3 is 2.78 bits per heavy atom. The summed E-state index contributed by atoms with van der Waals surface area (Å²) in [5.74, 6) is -0.0756. The van der Waals surface area contributed by atoms with E-state index < -0.39 is 10.8 Å². The second-order valence-corrected chi connectivity index (χ2v) is 4.96. The topological polar surface area (TPSA) is 106 Å². The normalized spacial score (nSPS) is 12.1. The molecular weight excluding hydrogens is 256 g/mol. The van der Waals surface area contributed by atoms with Gasteiger partial charge in [0.25, 0.3) is 5.69 Å². The van der Waals surface area contributed by atoms with Gasteiger partial charge in [0, 0.05) is 24.0 Å². The molecule has 0 fully saturated rings. The molecule has 0 bridgehead atoms. The van der Waals surface area contributed by atoms with Gasteiger partial charge in [-0.1, -0.05) is 6.92 Å². The average Bonchev–Trinajstić information content (AvgIpc) is 2.35. The van der Waals surface area contributed by atoms with Crippen molar-refractivity contribution in [3.05, 3.63) is 33.9 Å². The van der Waals surface area contributed by atoms with Crippen molar-refractivity contribution < 1.29 is 14.8 Å². The molecule has 0 aliphatic carbocycles. The number of hydrogen-bond donors (Lipinski definition) is 2. The first-order chi connectivity index (χ1) is 8.45. The largest absolute Gasteiger partial charge is 0.396 e. The summed E-state index contributed by atoms with van der Waals surface area (Å²) in [6.45, 7) is 1.84. The highest BCUT2D eigenvalue weighted by Gasteiger charge is 2.17. The lowest BCUT2D eigenvalue weighted by Gasteiger charge is -2.08. The molecule has 0 aliphatic heterocycles. The van der Waals surface area contributed by atoms with Crippen LogP contribution in [0.25, 0.3) is 0 Å². The van der Waals surface area contributed by atoms with Crippen LogP contribution >= 0.6 is 11.8 Å². The molecule has 6 nitrogen and oxygen atoms in total. The quantitative estimate of drug-likeness (QED) is 0.462. The van der Waals surface area contributed by atoms with Crippen LogP contribution in [-0.4, -0.2) is 28.3 Å². The molecule has 0 saturated heterocycles. The maximum atomic E-state index is 11.0. The molecule has 0 radical (unpaired) electrons. The Hall–Kier alpha value is -1.60. The van der Waals surface area contributed by atoms with Crippen LogP contribution in [0.2, 0.25) is 0 Å². The zero-order valence-electron chi connectivity index (χ0n) is 9.83. The third-order valence-corrected chi connectivity index (χ3v) is 3.65. The highest BCUT2D eigenvalue weighted by atomic mass is 32.2. The Kier molecular flexibility index (Phi) is 5.11. The Morgan fingerprint density at radius 2 is 2.28 bits per heavy atom. The lowest BCUT2D eigenvalue weighted by atomic mass is 10.2. The van der Waals surface area contributed by atoms with Gasteiger partial charge in [0.15, 0.2) is 0 Å². The molecule has 1 rings (SSSR count). The van der Waals surface area contributed by atoms with Crippen molar-refractivity contribution in [3.63, 3.8) is 0 Å². The molecule has 0 heterocycles. The minimum Gasteiger partial charge on any atom is -0.396 e. The number of aliphatic hydroxyl groups excluding tert-OH is 1. The van der Waals surface area contributed by atoms with Crippen LogP contribution in [0.5, 0.6) is 0 Å². The average molecular weight is 270 g/mol. The Morgan fingerprint density at radius 1 is 1.61 bits per heavy atom. The van der Waals surface area contributed by atoms with Crippen LogP contribution in [0.3, 0.4) is 0 Å². The van der Waals surface area contributed by atoms with Crippen LogP contribution in [-0.2, 0) is 0 Å². The maximum Gasteiger partial charge on any atom is 0.282 e. The number of benzene rings is 1. The molecule has 1 aromatic rings. The van der Waals surface area contributed by atoms with Gasteiger partial charge in [0.05, 0.1) is 9.82 Å². The van der Waals surface area contributed by atoms with E-state index in [0.717, 1.165) is 0 Å². The fraction of sp³-hybridized carbons (Fsp3) is 0.364. The predicted octanol–water partition coefficient (Wildman–Crippen LogP) is 1.41. The van der Waals surface area contributed by atoms with Gasteiger partial charge in [0.2, 0.25) is 5.91 Å². The third kappa shape index (κ3) is 3.71. The van der Waals surface area contributed by atoms with Crippen molar-refractivity contribution in [3.8, 4) is 0 Å². The molecule has 0 aromatic heterocycles. The van der Waals surface area contributed by atoms with E-state index in [9.17, 15) is 14.9 Å². The van der Waals surface area contributed by atoms with Crippen LogP contribution < -0.4 is 5.73 Å². The summed E-state index contributed by atoms with van der Waals surface area (Å²) in [4.78, 5) is 21.8. The molecule has 3 N–H and O–H groups in total. The van der Waals surface area contributed by atoms with Crippen LogP contribution in [0.15, 0.2) is 23.1 Å². The number of rotatable bonds is 6. The molecule has 0 saturated carbocycles. The van der Waals surface area contributed by atoms with E-state index >= 15 is 0 Å². The van der Waals surface area contributed by atoms with Gasteiger partial charge in [-0.15, -0.1) is 11.8 Å². The molecular formula is C11H14N2O4S. The molecule has 7 heteroatoms. The molecule has 18 heavy (non-hydrogen) atoms. The number of nitro groups is 1. The number of primary amides is 1. The number of nitrogens with two attached hydrogens (primary N) is 1. The Balaban J connectivity index is 3.00. The summed E-state index contributed by atoms with van der Waals surface area (Å²) >= 11 is 1.23. The third-order valence-electron chi connectivity index (χ3n) is 2.28. The van der Waals surface area contributed by atoms with Gasteiger partial charge in [-0.3, -0.25) is 14.9 Å². The zero-order valence-corrected chi connectivity index (χ0v) is 10.6. The standard InChI is InChI=1S/C11H14N2O4S/c1-7(5-14)6-18-10-4-8(11(12)15)2-3-9(10)13(16)17/h2-4,7,14H,5-6H2,1H3,(H2,12,15). The van der Waals surface area contributed by atoms with Gasteiger partial charge in [-0.25, -0.2) is 0 Å². The minimum absolute atomic E-state index is 0.0102. The van der Waals surface area contributed by atoms with E-state index in [4.69, 9.17) is 10.8 Å². The number of aliphatic hydroxyl groups is 1. The second kappa shape index (κ2) is 6.36. The highest BCUT2D eigenvalue weighted by Crippen LogP contribution is 2.31. The molecule has 1 amide bonds. The summed E-state index contributed by atoms with van der Waals surface area (Å²) in [5, 5.41) is 19.8. The van der Waals surface area contributed by atoms with Crippen molar-refractivity contribution in [2.75, 3.05) is 12.4 Å². The summed E-state index contributed by atoms with van der Waals surface area (Å²) in [7, 11) is 0. The SMILES string of the molecule is CC(CO)CSc1cc(C(N)=O)ccc1[N+](=O)[O-]. The van der Waals surface area contributed by atoms with Gasteiger partial charge in [-0.05, 0) is 18.1 Å². The van der Waals surface area contributed by atoms with E-state index in [0.29, 0.717) is 10.6 Å². The number of hydrogen-bond acceptors (Lipinski definition) is 5. The number of nitro benzene ring substituents is 1. The monoisotopic (exact) mass is 270 g/mol. The lowest BCUT2D eigenvalue weighted by Crippen LogP contribution is -2.11. The number of thioether (sulfide) groups is 1. The van der Waals surface area contributed by atoms with Gasteiger partial charge in [-0.2, -0.15) is 0 Å².